The molecule has 0 N–H and O–H groups in total. The smallest absolute Gasteiger partial charge is 0.141 e. The third kappa shape index (κ3) is 3.78. The van der Waals surface area contributed by atoms with E-state index in [2.05, 4.69) is 4.98 Å². The molecule has 1 heterocycles. The average Bonchev–Trinajstić information content (AvgIpc) is 2.52. The molecule has 2 aromatic carbocycles. The van der Waals surface area contributed by atoms with E-state index in [0.717, 1.165) is 10.8 Å². The van der Waals surface area contributed by atoms with Crippen LogP contribution in [-0.4, -0.2) is 59.9 Å². The first-order chi connectivity index (χ1) is 11.6. The summed E-state index contributed by atoms with van der Waals surface area (Å²) in [6, 6.07) is 14.5. The van der Waals surface area contributed by atoms with Crippen LogP contribution in [0.5, 0.6) is 0 Å². The number of nitrogens with zero attached hydrogens (tertiary/aromatic N) is 1. The fourth-order valence-electron chi connectivity index (χ4n) is 2.70. The minimum atomic E-state index is -1.59. The van der Waals surface area contributed by atoms with E-state index in [-0.39, 0.29) is 0 Å². The second-order valence-electron chi connectivity index (χ2n) is 6.28. The van der Waals surface area contributed by atoms with Gasteiger partial charge < -0.3 is 0 Å². The monoisotopic (exact) mass is 303 g/mol. The highest BCUT2D eigenvalue weighted by molar-refractivity contribution is 6.60. The molecule has 1 aromatic heterocycles. The molecule has 0 aliphatic carbocycles. The third-order valence-electron chi connectivity index (χ3n) is 3.97. The van der Waals surface area contributed by atoms with Gasteiger partial charge in [0, 0.05) is 10.9 Å². The molecule has 0 aliphatic heterocycles. The van der Waals surface area contributed by atoms with Crippen molar-refractivity contribution in [2.45, 2.75) is 10.2 Å². The topological polar surface area (TPSA) is 12.9 Å². The molecule has 8 heteroatoms. The van der Waals surface area contributed by atoms with Crippen LogP contribution in [0.1, 0.15) is 11.1 Å². The Labute approximate surface area is 157 Å². The van der Waals surface area contributed by atoms with Gasteiger partial charge in [-0.3, -0.25) is 4.98 Å². The van der Waals surface area contributed by atoms with Crippen LogP contribution in [0.4, 0.5) is 0 Å². The lowest BCUT2D eigenvalue weighted by Crippen LogP contribution is -2.31. The molecule has 14 radical (unpaired) electrons. The number of aromatic nitrogens is 1. The highest BCUT2D eigenvalue weighted by Crippen LogP contribution is 2.31. The van der Waals surface area contributed by atoms with Crippen molar-refractivity contribution in [1.29, 1.82) is 0 Å². The summed E-state index contributed by atoms with van der Waals surface area (Å²) in [4.78, 5) is 4.45. The summed E-state index contributed by atoms with van der Waals surface area (Å²) < 4.78 is 0. The number of benzene rings is 2. The summed E-state index contributed by atoms with van der Waals surface area (Å²) >= 11 is 0. The maximum Gasteiger partial charge on any atom is 0.141 e. The van der Waals surface area contributed by atoms with E-state index in [0.29, 0.717) is 28.0 Å². The molecule has 3 rings (SSSR count). The van der Waals surface area contributed by atoms with Gasteiger partial charge in [0.1, 0.15) is 7.85 Å². The van der Waals surface area contributed by atoms with E-state index in [1.54, 1.807) is 24.3 Å². The van der Waals surface area contributed by atoms with Gasteiger partial charge in [-0.05, 0) is 17.0 Å². The lowest BCUT2D eigenvalue weighted by molar-refractivity contribution is 1.16. The third-order valence-corrected chi connectivity index (χ3v) is 3.97. The minimum absolute atomic E-state index is 0.375. The number of hydrogen-bond acceptors (Lipinski definition) is 1. The van der Waals surface area contributed by atoms with Gasteiger partial charge in [-0.1, -0.05) is 53.6 Å². The van der Waals surface area contributed by atoms with Crippen molar-refractivity contribution >= 4 is 71.3 Å². The molecule has 0 aliphatic rings. The first-order valence-electron chi connectivity index (χ1n) is 7.60. The Kier molecular flexibility index (Phi) is 4.51. The Balaban J connectivity index is 2.34. The predicted octanol–water partition coefficient (Wildman–Crippen LogP) is -0.0728. The van der Waals surface area contributed by atoms with Gasteiger partial charge >= 0.3 is 0 Å². The van der Waals surface area contributed by atoms with Crippen LogP contribution in [0, 0.1) is 0 Å². The van der Waals surface area contributed by atoms with E-state index in [9.17, 15) is 0 Å². The van der Waals surface area contributed by atoms with Crippen LogP contribution < -0.4 is 5.59 Å². The molecular weight excluding hydrogens is 294 g/mol. The van der Waals surface area contributed by atoms with Gasteiger partial charge in [-0.15, -0.1) is 10.2 Å². The van der Waals surface area contributed by atoms with Gasteiger partial charge in [0.05, 0.1) is 52.8 Å². The SMILES string of the molecule is [B]c1cc2ccccc2c(-c2cc(C([B])([B])[B])cc(C([B])([B])[B])c2)n1. The quantitative estimate of drug-likeness (QED) is 0.617. The van der Waals surface area contributed by atoms with Crippen LogP contribution in [0.3, 0.4) is 0 Å². The molecule has 0 atom stereocenters. The van der Waals surface area contributed by atoms with Gasteiger partial charge in [0.25, 0.3) is 0 Å². The summed E-state index contributed by atoms with van der Waals surface area (Å²) in [7, 11) is 41.0. The molecular formula is C17H8B7N. The number of pyridine rings is 1. The maximum atomic E-state index is 5.95. The van der Waals surface area contributed by atoms with Gasteiger partial charge in [0.2, 0.25) is 0 Å². The van der Waals surface area contributed by atoms with E-state index in [4.69, 9.17) is 54.9 Å². The van der Waals surface area contributed by atoms with Crippen LogP contribution in [0.2, 0.25) is 0 Å². The highest BCUT2D eigenvalue weighted by Gasteiger charge is 2.20. The summed E-state index contributed by atoms with van der Waals surface area (Å²) in [5.74, 6) is 0. The molecule has 0 saturated heterocycles. The fourth-order valence-corrected chi connectivity index (χ4v) is 2.70. The van der Waals surface area contributed by atoms with Crippen molar-refractivity contribution in [2.24, 2.45) is 0 Å². The zero-order valence-corrected chi connectivity index (χ0v) is 13.6. The standard InChI is InChI=1S/C17H8B7N/c18-14-7-9-3-1-2-4-13(9)15(25-14)10-5-11(16(19,20)21)8-12(6-10)17(22,23)24/h1-8H. The van der Waals surface area contributed by atoms with Crippen molar-refractivity contribution in [3.8, 4) is 11.3 Å². The summed E-state index contributed by atoms with van der Waals surface area (Å²) in [6.07, 6.45) is 0. The highest BCUT2D eigenvalue weighted by atomic mass is 14.7. The van der Waals surface area contributed by atoms with E-state index in [1.165, 1.54) is 0 Å². The van der Waals surface area contributed by atoms with Gasteiger partial charge in [-0.2, -0.15) is 0 Å². The predicted molar refractivity (Wildman–Crippen MR) is 110 cm³/mol. The largest absolute Gasteiger partial charge is 0.264 e. The van der Waals surface area contributed by atoms with E-state index >= 15 is 0 Å². The Hall–Kier alpha value is -1.70. The fraction of sp³-hybridized carbons (Fsp3) is 0.118. The molecule has 0 saturated carbocycles. The van der Waals surface area contributed by atoms with Crippen molar-refractivity contribution < 1.29 is 0 Å². The Morgan fingerprint density at radius 2 is 1.28 bits per heavy atom. The lowest BCUT2D eigenvalue weighted by Gasteiger charge is -2.28. The van der Waals surface area contributed by atoms with Crippen LogP contribution >= 0.6 is 0 Å². The zero-order valence-electron chi connectivity index (χ0n) is 13.6. The van der Waals surface area contributed by atoms with Crippen LogP contribution in [0.15, 0.2) is 48.5 Å². The molecule has 0 fully saturated rings. The first-order valence-corrected chi connectivity index (χ1v) is 7.60. The Bertz CT molecular complexity index is 910. The van der Waals surface area contributed by atoms with Crippen LogP contribution in [-0.2, 0) is 10.2 Å². The molecule has 102 valence electrons. The molecule has 3 aromatic rings. The number of fused-ring (bicyclic) bond motifs is 1. The second kappa shape index (κ2) is 6.23. The molecule has 1 nitrogen and oxygen atoms in total. The summed E-state index contributed by atoms with van der Waals surface area (Å²) in [5.41, 5.74) is 2.50. The summed E-state index contributed by atoms with van der Waals surface area (Å²) in [5, 5.41) is -1.35. The molecule has 0 spiro atoms. The molecule has 25 heavy (non-hydrogen) atoms. The van der Waals surface area contributed by atoms with E-state index in [1.807, 2.05) is 24.3 Å². The molecule has 0 unspecified atom stereocenters. The van der Waals surface area contributed by atoms with Gasteiger partial charge in [0.15, 0.2) is 0 Å². The molecule has 0 bridgehead atoms. The van der Waals surface area contributed by atoms with Crippen LogP contribution in [0.25, 0.3) is 22.0 Å². The zero-order chi connectivity index (χ0) is 18.4. The molecule has 0 amide bonds. The minimum Gasteiger partial charge on any atom is -0.264 e. The number of rotatable bonds is 3. The Morgan fingerprint density at radius 3 is 1.84 bits per heavy atom. The van der Waals surface area contributed by atoms with E-state index < -0.39 is 10.2 Å². The van der Waals surface area contributed by atoms with Gasteiger partial charge in [-0.25, -0.2) is 0 Å². The number of hydrogen-bond donors (Lipinski definition) is 0. The van der Waals surface area contributed by atoms with Crippen molar-refractivity contribution in [3.05, 3.63) is 59.7 Å². The first kappa shape index (κ1) is 18.1. The normalized spacial score (nSPS) is 12.3. The average molecular weight is 302 g/mol. The second-order valence-corrected chi connectivity index (χ2v) is 6.28. The maximum absolute atomic E-state index is 5.95. The van der Waals surface area contributed by atoms with Crippen molar-refractivity contribution in [2.75, 3.05) is 0 Å². The van der Waals surface area contributed by atoms with Crippen molar-refractivity contribution in [3.63, 3.8) is 0 Å². The van der Waals surface area contributed by atoms with Crippen molar-refractivity contribution in [1.82, 2.24) is 4.98 Å². The lowest BCUT2D eigenvalue weighted by atomic mass is 9.37. The summed E-state index contributed by atoms with van der Waals surface area (Å²) in [6.45, 7) is 0. The Morgan fingerprint density at radius 1 is 0.720 bits per heavy atom.